The summed E-state index contributed by atoms with van der Waals surface area (Å²) >= 11 is 9.74. The van der Waals surface area contributed by atoms with E-state index >= 15 is 0 Å². The van der Waals surface area contributed by atoms with E-state index in [0.29, 0.717) is 36.6 Å². The van der Waals surface area contributed by atoms with Gasteiger partial charge in [-0.05, 0) is 74.2 Å². The summed E-state index contributed by atoms with van der Waals surface area (Å²) < 4.78 is 26.2. The number of hydrogen-bond donors (Lipinski definition) is 5. The van der Waals surface area contributed by atoms with E-state index in [1.807, 2.05) is 36.2 Å². The van der Waals surface area contributed by atoms with Gasteiger partial charge in [-0.1, -0.05) is 44.0 Å². The highest BCUT2D eigenvalue weighted by atomic mass is 35.5. The smallest absolute Gasteiger partial charge is 0.222 e. The van der Waals surface area contributed by atoms with E-state index in [4.69, 9.17) is 16.7 Å². The maximum atomic E-state index is 13.1. The van der Waals surface area contributed by atoms with Crippen LogP contribution in [0.1, 0.15) is 50.7 Å². The largest absolute Gasteiger partial charge is 0.400 e. The minimum absolute atomic E-state index is 0.143. The number of unbranched alkanes of at least 4 members (excludes halogenated alkanes) is 1. The minimum atomic E-state index is -0.600. The predicted molar refractivity (Wildman–Crippen MR) is 172 cm³/mol. The Morgan fingerprint density at radius 1 is 1.10 bits per heavy atom. The van der Waals surface area contributed by atoms with Crippen molar-refractivity contribution in [2.45, 2.75) is 57.7 Å². The van der Waals surface area contributed by atoms with Gasteiger partial charge in [0.25, 0.3) is 0 Å². The summed E-state index contributed by atoms with van der Waals surface area (Å²) in [5.74, 6) is 0.510. The Kier molecular flexibility index (Phi) is 23.9. The molecular formula is C31H49ClF2N4O3S. The maximum absolute atomic E-state index is 13.1. The molecule has 1 aliphatic rings. The van der Waals surface area contributed by atoms with Crippen LogP contribution in [0, 0.1) is 17.6 Å². The van der Waals surface area contributed by atoms with Crippen LogP contribution in [0.15, 0.2) is 42.5 Å². The van der Waals surface area contributed by atoms with Crippen molar-refractivity contribution >= 4 is 36.5 Å². The van der Waals surface area contributed by atoms with Crippen molar-refractivity contribution in [2.75, 3.05) is 46.9 Å². The molecule has 1 unspecified atom stereocenters. The van der Waals surface area contributed by atoms with Gasteiger partial charge in [0.2, 0.25) is 12.3 Å². The molecule has 2 amide bonds. The molecule has 2 aromatic carbocycles. The summed E-state index contributed by atoms with van der Waals surface area (Å²) in [7, 11) is 2.87. The number of amides is 2. The summed E-state index contributed by atoms with van der Waals surface area (Å²) in [5.41, 5.74) is 1.74. The first kappa shape index (κ1) is 39.8. The Bertz CT molecular complexity index is 969. The van der Waals surface area contributed by atoms with Crippen LogP contribution >= 0.6 is 24.2 Å². The molecule has 2 aromatic rings. The zero-order valence-electron chi connectivity index (χ0n) is 25.3. The molecule has 0 aliphatic carbocycles. The van der Waals surface area contributed by atoms with Crippen molar-refractivity contribution in [3.8, 4) is 0 Å². The summed E-state index contributed by atoms with van der Waals surface area (Å²) in [6, 6.07) is 10.9. The fourth-order valence-corrected chi connectivity index (χ4v) is 4.43. The summed E-state index contributed by atoms with van der Waals surface area (Å²) in [6.07, 6.45) is 4.82. The highest BCUT2D eigenvalue weighted by Crippen LogP contribution is 2.17. The van der Waals surface area contributed by atoms with E-state index < -0.39 is 11.6 Å². The average molecular weight is 631 g/mol. The lowest BCUT2D eigenvalue weighted by Gasteiger charge is -2.16. The predicted octanol–water partition coefficient (Wildman–Crippen LogP) is 4.85. The van der Waals surface area contributed by atoms with Crippen molar-refractivity contribution < 1.29 is 23.5 Å². The lowest BCUT2D eigenvalue weighted by molar-refractivity contribution is -0.127. The van der Waals surface area contributed by atoms with Crippen molar-refractivity contribution in [1.29, 1.82) is 0 Å². The van der Waals surface area contributed by atoms with Crippen LogP contribution in [-0.4, -0.2) is 75.2 Å². The topological polar surface area (TPSA) is 93.7 Å². The number of carbonyl (C=O) groups is 2. The van der Waals surface area contributed by atoms with Gasteiger partial charge < -0.3 is 26.0 Å². The highest BCUT2D eigenvalue weighted by molar-refractivity contribution is 7.79. The van der Waals surface area contributed by atoms with Gasteiger partial charge in [-0.15, -0.1) is 0 Å². The van der Waals surface area contributed by atoms with Crippen molar-refractivity contribution in [3.05, 3.63) is 70.2 Å². The summed E-state index contributed by atoms with van der Waals surface area (Å²) in [5, 5.41) is 16.7. The first-order chi connectivity index (χ1) is 20.2. The standard InChI is InChI=1S/C14H21F2N3O.C9H17NO.C7H7ClS.CH4O/c1-17-4-5-18-3-2-14(19-10-20)8-11-6-12(15)9-13(16)7-11;1-3-4-5-10-7-8(2)6-9(10)11;8-7-3-1-6(5-9)2-4-7;1-2/h6-7,9-10,14,17-18H,2-5,8H2,1H3,(H,19,20);8H,3-7H2,1-2H3;1-4,9H,5H2;2H,1H3/t14-;;;/m1.../s1. The van der Waals surface area contributed by atoms with Crippen molar-refractivity contribution in [2.24, 2.45) is 5.92 Å². The number of aliphatic hydroxyl groups excluding tert-OH is 1. The summed E-state index contributed by atoms with van der Waals surface area (Å²) in [6.45, 7) is 8.68. The van der Waals surface area contributed by atoms with Crippen LogP contribution in [0.5, 0.6) is 0 Å². The van der Waals surface area contributed by atoms with Gasteiger partial charge in [-0.25, -0.2) is 8.78 Å². The molecule has 0 saturated carbocycles. The highest BCUT2D eigenvalue weighted by Gasteiger charge is 2.25. The molecular weight excluding hydrogens is 582 g/mol. The fourth-order valence-electron chi connectivity index (χ4n) is 4.09. The number of thiol groups is 1. The number of aliphatic hydroxyl groups is 1. The Morgan fingerprint density at radius 3 is 2.24 bits per heavy atom. The number of rotatable bonds is 14. The normalized spacial score (nSPS) is 14.5. The van der Waals surface area contributed by atoms with Gasteiger partial charge in [0.05, 0.1) is 0 Å². The summed E-state index contributed by atoms with van der Waals surface area (Å²) in [4.78, 5) is 23.8. The fraction of sp³-hybridized carbons (Fsp3) is 0.548. The van der Waals surface area contributed by atoms with E-state index in [-0.39, 0.29) is 6.04 Å². The number of likely N-dealkylation sites (N-methyl/N-ethyl adjacent to an activating group) is 1. The van der Waals surface area contributed by atoms with Gasteiger partial charge in [-0.3, -0.25) is 9.59 Å². The number of hydrogen-bond acceptors (Lipinski definition) is 6. The van der Waals surface area contributed by atoms with E-state index in [1.54, 1.807) is 0 Å². The van der Waals surface area contributed by atoms with E-state index in [1.165, 1.54) is 24.1 Å². The van der Waals surface area contributed by atoms with Crippen LogP contribution < -0.4 is 16.0 Å². The van der Waals surface area contributed by atoms with Crippen LogP contribution in [0.2, 0.25) is 5.02 Å². The number of likely N-dealkylation sites (tertiary alicyclic amines) is 1. The van der Waals surface area contributed by atoms with Crippen LogP contribution in [0.25, 0.3) is 0 Å². The molecule has 1 saturated heterocycles. The molecule has 0 bridgehead atoms. The molecule has 2 atom stereocenters. The van der Waals surface area contributed by atoms with Gasteiger partial charge in [0, 0.05) is 62.6 Å². The van der Waals surface area contributed by atoms with E-state index in [0.717, 1.165) is 69.5 Å². The van der Waals surface area contributed by atoms with Gasteiger partial charge >= 0.3 is 0 Å². The Hall–Kier alpha value is -2.24. The Labute approximate surface area is 261 Å². The third kappa shape index (κ3) is 19.0. The molecule has 11 heteroatoms. The van der Waals surface area contributed by atoms with E-state index in [9.17, 15) is 18.4 Å². The molecule has 0 aromatic heterocycles. The second-order valence-corrected chi connectivity index (χ2v) is 10.6. The first-order valence-corrected chi connectivity index (χ1v) is 15.3. The van der Waals surface area contributed by atoms with Gasteiger partial charge in [-0.2, -0.15) is 12.6 Å². The molecule has 4 N–H and O–H groups in total. The van der Waals surface area contributed by atoms with Crippen molar-refractivity contribution in [3.63, 3.8) is 0 Å². The van der Waals surface area contributed by atoms with Crippen LogP contribution in [0.3, 0.4) is 0 Å². The molecule has 42 heavy (non-hydrogen) atoms. The number of nitrogens with zero attached hydrogens (tertiary/aromatic N) is 1. The van der Waals surface area contributed by atoms with Crippen LogP contribution in [-0.2, 0) is 21.8 Å². The average Bonchev–Trinajstić information content (AvgIpc) is 3.29. The Balaban J connectivity index is 0.000000640. The van der Waals surface area contributed by atoms with Crippen molar-refractivity contribution in [1.82, 2.24) is 20.9 Å². The number of carbonyl (C=O) groups excluding carboxylic acids is 2. The number of halogens is 3. The first-order valence-electron chi connectivity index (χ1n) is 14.3. The lowest BCUT2D eigenvalue weighted by Crippen LogP contribution is -2.35. The molecule has 7 nitrogen and oxygen atoms in total. The van der Waals surface area contributed by atoms with E-state index in [2.05, 4.69) is 42.4 Å². The van der Waals surface area contributed by atoms with Gasteiger partial charge in [0.15, 0.2) is 0 Å². The quantitative estimate of drug-likeness (QED) is 0.117. The minimum Gasteiger partial charge on any atom is -0.400 e. The molecule has 1 fully saturated rings. The monoisotopic (exact) mass is 630 g/mol. The molecule has 1 aliphatic heterocycles. The molecule has 3 rings (SSSR count). The molecule has 0 radical (unpaired) electrons. The third-order valence-corrected chi connectivity index (χ3v) is 6.83. The lowest BCUT2D eigenvalue weighted by atomic mass is 10.0. The van der Waals surface area contributed by atoms with Crippen LogP contribution in [0.4, 0.5) is 8.78 Å². The zero-order valence-corrected chi connectivity index (χ0v) is 27.0. The zero-order chi connectivity index (χ0) is 31.8. The second kappa shape index (κ2) is 25.3. The molecule has 238 valence electrons. The Morgan fingerprint density at radius 2 is 1.74 bits per heavy atom. The third-order valence-electron chi connectivity index (χ3n) is 6.21. The van der Waals surface area contributed by atoms with Gasteiger partial charge in [0.1, 0.15) is 11.6 Å². The second-order valence-electron chi connectivity index (χ2n) is 9.89. The number of benzene rings is 2. The SMILES string of the molecule is CCCCN1CC(C)CC1=O.CNCCNCC[C@H](Cc1cc(F)cc(F)c1)NC=O.CO.SCc1ccc(Cl)cc1. The number of nitrogens with one attached hydrogen (secondary N) is 3. The molecule has 0 spiro atoms. The maximum Gasteiger partial charge on any atom is 0.222 e. The molecule has 1 heterocycles.